The summed E-state index contributed by atoms with van der Waals surface area (Å²) in [4.78, 5) is 27.7. The Labute approximate surface area is 191 Å². The van der Waals surface area contributed by atoms with E-state index in [1.165, 1.54) is 6.33 Å². The molecular weight excluding hydrogens is 428 g/mol. The Morgan fingerprint density at radius 2 is 2.12 bits per heavy atom. The summed E-state index contributed by atoms with van der Waals surface area (Å²) in [6.07, 6.45) is 6.66. The summed E-state index contributed by atoms with van der Waals surface area (Å²) in [6.45, 7) is 3.78. The van der Waals surface area contributed by atoms with E-state index in [2.05, 4.69) is 32.1 Å². The molecule has 3 heterocycles. The summed E-state index contributed by atoms with van der Waals surface area (Å²) < 4.78 is 1.96. The highest BCUT2D eigenvalue weighted by Crippen LogP contribution is 2.35. The lowest BCUT2D eigenvalue weighted by atomic mass is 9.98. The summed E-state index contributed by atoms with van der Waals surface area (Å²) >= 11 is 6.49. The number of carbonyl (C=O) groups excluding carboxylic acids is 1. The summed E-state index contributed by atoms with van der Waals surface area (Å²) in [7, 11) is 0. The maximum Gasteiger partial charge on any atom is 0.242 e. The van der Waals surface area contributed by atoms with Crippen LogP contribution in [0.1, 0.15) is 37.3 Å². The maximum atomic E-state index is 12.8. The quantitative estimate of drug-likeness (QED) is 0.518. The van der Waals surface area contributed by atoms with Gasteiger partial charge in [-0.05, 0) is 48.9 Å². The third-order valence-electron chi connectivity index (χ3n) is 6.43. The van der Waals surface area contributed by atoms with E-state index in [-0.39, 0.29) is 11.9 Å². The van der Waals surface area contributed by atoms with Gasteiger partial charge in [-0.1, -0.05) is 18.5 Å². The van der Waals surface area contributed by atoms with Gasteiger partial charge in [-0.2, -0.15) is 0 Å². The lowest BCUT2D eigenvalue weighted by molar-refractivity contribution is -0.125. The van der Waals surface area contributed by atoms with E-state index in [4.69, 9.17) is 23.1 Å². The molecule has 0 radical (unpaired) electrons. The van der Waals surface area contributed by atoms with Gasteiger partial charge < -0.3 is 26.3 Å². The molecule has 3 aromatic rings. The highest BCUT2D eigenvalue weighted by molar-refractivity contribution is 6.31. The van der Waals surface area contributed by atoms with Gasteiger partial charge in [-0.25, -0.2) is 15.0 Å². The van der Waals surface area contributed by atoms with Crippen molar-refractivity contribution in [2.75, 3.05) is 23.7 Å². The molecule has 2 aliphatic rings. The predicted octanol–water partition coefficient (Wildman–Crippen LogP) is 1.86. The second-order valence-corrected chi connectivity index (χ2v) is 9.23. The van der Waals surface area contributed by atoms with Gasteiger partial charge in [-0.3, -0.25) is 4.79 Å². The Hall–Kier alpha value is -2.91. The van der Waals surface area contributed by atoms with Crippen LogP contribution in [0.15, 0.2) is 24.8 Å². The zero-order valence-corrected chi connectivity index (χ0v) is 18.8. The van der Waals surface area contributed by atoms with E-state index in [9.17, 15) is 4.79 Å². The van der Waals surface area contributed by atoms with Crippen molar-refractivity contribution in [2.45, 2.75) is 50.7 Å². The molecule has 1 aliphatic heterocycles. The molecule has 2 aromatic heterocycles. The van der Waals surface area contributed by atoms with Crippen LogP contribution < -0.4 is 21.7 Å². The largest absolute Gasteiger partial charge is 0.382 e. The van der Waals surface area contributed by atoms with Crippen molar-refractivity contribution < 1.29 is 4.79 Å². The lowest BCUT2D eigenvalue weighted by Gasteiger charge is -2.27. The minimum Gasteiger partial charge on any atom is -0.382 e. The van der Waals surface area contributed by atoms with E-state index in [1.807, 2.05) is 16.7 Å². The first-order chi connectivity index (χ1) is 15.4. The highest BCUT2D eigenvalue weighted by Gasteiger charge is 2.43. The molecule has 168 valence electrons. The van der Waals surface area contributed by atoms with E-state index in [0.717, 1.165) is 36.1 Å². The average Bonchev–Trinajstić information content (AvgIpc) is 3.34. The van der Waals surface area contributed by atoms with E-state index in [1.54, 1.807) is 6.33 Å². The molecule has 0 spiro atoms. The van der Waals surface area contributed by atoms with E-state index < -0.39 is 5.54 Å². The molecule has 1 amide bonds. The molecule has 1 atom stereocenters. The Kier molecular flexibility index (Phi) is 5.17. The number of hydrogen-bond donors (Lipinski definition) is 3. The molecule has 1 aromatic carbocycles. The number of nitrogen functional groups attached to an aromatic ring is 1. The Morgan fingerprint density at radius 3 is 2.88 bits per heavy atom. The van der Waals surface area contributed by atoms with Crippen molar-refractivity contribution in [3.63, 3.8) is 0 Å². The number of fused-ring (bicyclic) bond motifs is 1. The summed E-state index contributed by atoms with van der Waals surface area (Å²) in [5, 5.41) is 3.73. The summed E-state index contributed by atoms with van der Waals surface area (Å²) in [5.74, 6) is 0.296. The van der Waals surface area contributed by atoms with Gasteiger partial charge in [0.25, 0.3) is 0 Å². The second-order valence-electron chi connectivity index (χ2n) is 8.80. The molecule has 10 heteroatoms. The molecule has 2 fully saturated rings. The van der Waals surface area contributed by atoms with Crippen molar-refractivity contribution in [3.8, 4) is 0 Å². The van der Waals surface area contributed by atoms with Gasteiger partial charge in [-0.15, -0.1) is 0 Å². The van der Waals surface area contributed by atoms with E-state index >= 15 is 0 Å². The fourth-order valence-corrected chi connectivity index (χ4v) is 4.66. The summed E-state index contributed by atoms with van der Waals surface area (Å²) in [6, 6.07) is 4.24. The molecule has 0 bridgehead atoms. The van der Waals surface area contributed by atoms with Crippen LogP contribution in [-0.2, 0) is 17.8 Å². The first kappa shape index (κ1) is 21.0. The molecule has 1 unspecified atom stereocenters. The summed E-state index contributed by atoms with van der Waals surface area (Å²) in [5.41, 5.74) is 16.1. The normalized spacial score (nSPS) is 20.8. The number of carbonyl (C=O) groups is 1. The third-order valence-corrected chi connectivity index (χ3v) is 6.65. The molecule has 32 heavy (non-hydrogen) atoms. The van der Waals surface area contributed by atoms with Crippen LogP contribution in [0.3, 0.4) is 0 Å². The van der Waals surface area contributed by atoms with Gasteiger partial charge in [0.15, 0.2) is 11.5 Å². The number of imidazole rings is 1. The number of nitrogens with one attached hydrogen (secondary N) is 1. The van der Waals surface area contributed by atoms with Gasteiger partial charge in [0.05, 0.1) is 12.9 Å². The van der Waals surface area contributed by atoms with Gasteiger partial charge in [0.1, 0.15) is 17.4 Å². The number of aromatic nitrogens is 4. The third kappa shape index (κ3) is 3.75. The zero-order valence-electron chi connectivity index (χ0n) is 18.0. The Balaban J connectivity index is 1.49. The molecule has 5 N–H and O–H groups in total. The maximum absolute atomic E-state index is 12.8. The smallest absolute Gasteiger partial charge is 0.242 e. The van der Waals surface area contributed by atoms with Crippen LogP contribution >= 0.6 is 11.6 Å². The number of nitrogens with two attached hydrogens (primary N) is 2. The molecule has 1 aliphatic carbocycles. The number of hydrogen-bond acceptors (Lipinski definition) is 7. The second kappa shape index (κ2) is 7.90. The van der Waals surface area contributed by atoms with Crippen molar-refractivity contribution in [2.24, 2.45) is 5.73 Å². The average molecular weight is 455 g/mol. The molecule has 9 nitrogen and oxygen atoms in total. The topological polar surface area (TPSA) is 128 Å². The van der Waals surface area contributed by atoms with Crippen molar-refractivity contribution in [1.29, 1.82) is 0 Å². The standard InChI is InChI=1S/C22H27ClN8O/c1-2-13-7-14(23)8-17(30-6-5-22(25,10-30)21(32)29-15-3-4-15)16(13)9-31-12-28-18-19(24)26-11-27-20(18)31/h7-8,11-12,15H,2-6,9-10,25H2,1H3,(H,29,32)(H2,24,26,27). The minimum atomic E-state index is -0.905. The molecule has 1 saturated heterocycles. The molecule has 5 rings (SSSR count). The fourth-order valence-electron chi connectivity index (χ4n) is 4.42. The van der Waals surface area contributed by atoms with Crippen molar-refractivity contribution in [1.82, 2.24) is 24.8 Å². The number of aryl methyl sites for hydroxylation is 1. The molecule has 1 saturated carbocycles. The van der Waals surface area contributed by atoms with Crippen LogP contribution in [0.25, 0.3) is 11.2 Å². The Morgan fingerprint density at radius 1 is 1.31 bits per heavy atom. The number of halogens is 1. The van der Waals surface area contributed by atoms with E-state index in [0.29, 0.717) is 48.1 Å². The van der Waals surface area contributed by atoms with Gasteiger partial charge in [0.2, 0.25) is 5.91 Å². The SMILES string of the molecule is CCc1cc(Cl)cc(N2CCC(N)(C(=O)NC3CC3)C2)c1Cn1cnc2c(N)ncnc21. The number of benzene rings is 1. The lowest BCUT2D eigenvalue weighted by Crippen LogP contribution is -2.56. The fraction of sp³-hybridized carbons (Fsp3) is 0.455. The Bertz CT molecular complexity index is 1190. The zero-order chi connectivity index (χ0) is 22.5. The monoisotopic (exact) mass is 454 g/mol. The van der Waals surface area contributed by atoms with Crippen LogP contribution in [0.2, 0.25) is 5.02 Å². The van der Waals surface area contributed by atoms with Crippen LogP contribution in [0.4, 0.5) is 11.5 Å². The van der Waals surface area contributed by atoms with Gasteiger partial charge >= 0.3 is 0 Å². The molecular formula is C22H27ClN8O. The van der Waals surface area contributed by atoms with Crippen LogP contribution in [-0.4, -0.2) is 50.1 Å². The number of nitrogens with zero attached hydrogens (tertiary/aromatic N) is 5. The number of anilines is 2. The predicted molar refractivity (Wildman–Crippen MR) is 125 cm³/mol. The minimum absolute atomic E-state index is 0.0606. The van der Waals surface area contributed by atoms with Gasteiger partial charge in [0, 0.05) is 29.8 Å². The first-order valence-electron chi connectivity index (χ1n) is 11.0. The van der Waals surface area contributed by atoms with Crippen molar-refractivity contribution in [3.05, 3.63) is 40.9 Å². The number of rotatable bonds is 6. The first-order valence-corrected chi connectivity index (χ1v) is 11.3. The highest BCUT2D eigenvalue weighted by atomic mass is 35.5. The van der Waals surface area contributed by atoms with Crippen LogP contribution in [0.5, 0.6) is 0 Å². The number of amides is 1. The van der Waals surface area contributed by atoms with Crippen LogP contribution in [0, 0.1) is 0 Å². The van der Waals surface area contributed by atoms with Crippen molar-refractivity contribution >= 4 is 40.2 Å².